The Hall–Kier alpha value is -2.43. The second-order valence-corrected chi connectivity index (χ2v) is 7.49. The van der Waals surface area contributed by atoms with Gasteiger partial charge in [-0.15, -0.1) is 0 Å². The predicted molar refractivity (Wildman–Crippen MR) is 97.0 cm³/mol. The van der Waals surface area contributed by atoms with Crippen molar-refractivity contribution in [1.29, 1.82) is 0 Å². The number of nitrogens with zero attached hydrogens (tertiary/aromatic N) is 2. The lowest BCUT2D eigenvalue weighted by molar-refractivity contribution is -0.146. The summed E-state index contributed by atoms with van der Waals surface area (Å²) in [6.45, 7) is 0.608. The quantitative estimate of drug-likeness (QED) is 0.616. The Balaban J connectivity index is 1.42. The van der Waals surface area contributed by atoms with Crippen molar-refractivity contribution < 1.29 is 14.4 Å². The molecular weight excluding hydrogens is 328 g/mol. The van der Waals surface area contributed by atoms with E-state index in [0.717, 1.165) is 19.3 Å². The van der Waals surface area contributed by atoms with Gasteiger partial charge in [-0.1, -0.05) is 42.5 Å². The number of carbonyl (C=O) groups excluding carboxylic acids is 3. The molecule has 26 heavy (non-hydrogen) atoms. The molecule has 3 aliphatic rings. The van der Waals surface area contributed by atoms with Gasteiger partial charge in [-0.25, -0.2) is 0 Å². The monoisotopic (exact) mass is 352 g/mol. The largest absolute Gasteiger partial charge is 0.338 e. The Morgan fingerprint density at radius 2 is 1.65 bits per heavy atom. The molecule has 2 heterocycles. The van der Waals surface area contributed by atoms with Gasteiger partial charge < -0.3 is 4.90 Å². The minimum atomic E-state index is -0.265. The molecule has 1 aromatic carbocycles. The molecule has 4 rings (SSSR count). The van der Waals surface area contributed by atoms with Crippen LogP contribution in [0.1, 0.15) is 31.2 Å². The third-order valence-electron chi connectivity index (χ3n) is 5.90. The van der Waals surface area contributed by atoms with E-state index >= 15 is 0 Å². The van der Waals surface area contributed by atoms with Gasteiger partial charge in [0, 0.05) is 12.6 Å². The molecule has 1 aromatic rings. The molecule has 0 bridgehead atoms. The summed E-state index contributed by atoms with van der Waals surface area (Å²) >= 11 is 0. The Labute approximate surface area is 153 Å². The lowest BCUT2D eigenvalue weighted by Crippen LogP contribution is -2.45. The van der Waals surface area contributed by atoms with Crippen LogP contribution in [0.2, 0.25) is 0 Å². The maximum absolute atomic E-state index is 12.9. The Kier molecular flexibility index (Phi) is 4.62. The van der Waals surface area contributed by atoms with E-state index in [-0.39, 0.29) is 42.1 Å². The molecule has 136 valence electrons. The zero-order valence-electron chi connectivity index (χ0n) is 14.8. The van der Waals surface area contributed by atoms with E-state index in [1.807, 2.05) is 35.3 Å². The second-order valence-electron chi connectivity index (χ2n) is 7.49. The second kappa shape index (κ2) is 7.06. The maximum Gasteiger partial charge on any atom is 0.243 e. The van der Waals surface area contributed by atoms with Crippen molar-refractivity contribution in [3.63, 3.8) is 0 Å². The fourth-order valence-corrected chi connectivity index (χ4v) is 4.51. The van der Waals surface area contributed by atoms with Crippen LogP contribution >= 0.6 is 0 Å². The van der Waals surface area contributed by atoms with Crippen LogP contribution in [-0.2, 0) is 20.8 Å². The maximum atomic E-state index is 12.9. The van der Waals surface area contributed by atoms with Crippen molar-refractivity contribution in [3.8, 4) is 0 Å². The number of hydrogen-bond donors (Lipinski definition) is 0. The number of amides is 3. The van der Waals surface area contributed by atoms with Gasteiger partial charge in [0.2, 0.25) is 17.7 Å². The summed E-state index contributed by atoms with van der Waals surface area (Å²) in [4.78, 5) is 41.1. The van der Waals surface area contributed by atoms with E-state index in [2.05, 4.69) is 12.1 Å². The highest BCUT2D eigenvalue weighted by atomic mass is 16.2. The van der Waals surface area contributed by atoms with Crippen LogP contribution in [-0.4, -0.2) is 46.7 Å². The first-order valence-electron chi connectivity index (χ1n) is 9.49. The molecule has 0 radical (unpaired) electrons. The molecule has 0 aromatic heterocycles. The molecule has 2 fully saturated rings. The van der Waals surface area contributed by atoms with Crippen LogP contribution in [0.4, 0.5) is 0 Å². The van der Waals surface area contributed by atoms with Gasteiger partial charge in [-0.05, 0) is 37.7 Å². The highest BCUT2D eigenvalue weighted by Gasteiger charge is 2.48. The Morgan fingerprint density at radius 1 is 1.00 bits per heavy atom. The van der Waals surface area contributed by atoms with Crippen LogP contribution < -0.4 is 0 Å². The van der Waals surface area contributed by atoms with Crippen molar-refractivity contribution >= 4 is 17.7 Å². The van der Waals surface area contributed by atoms with Crippen molar-refractivity contribution in [1.82, 2.24) is 9.80 Å². The molecule has 0 unspecified atom stereocenters. The van der Waals surface area contributed by atoms with Gasteiger partial charge in [0.05, 0.1) is 11.8 Å². The summed E-state index contributed by atoms with van der Waals surface area (Å²) in [5.74, 6) is -0.970. The van der Waals surface area contributed by atoms with E-state index in [0.29, 0.717) is 19.4 Å². The number of carbonyl (C=O) groups is 3. The fraction of sp³-hybridized carbons (Fsp3) is 0.476. The molecular formula is C21H24N2O3. The van der Waals surface area contributed by atoms with Crippen LogP contribution in [0.15, 0.2) is 42.5 Å². The molecule has 0 N–H and O–H groups in total. The number of likely N-dealkylation sites (tertiary alicyclic amines) is 2. The smallest absolute Gasteiger partial charge is 0.243 e. The highest BCUT2D eigenvalue weighted by molar-refractivity contribution is 6.07. The summed E-state index contributed by atoms with van der Waals surface area (Å²) in [6.07, 6.45) is 7.92. The van der Waals surface area contributed by atoms with E-state index in [4.69, 9.17) is 0 Å². The van der Waals surface area contributed by atoms with Crippen molar-refractivity contribution in [3.05, 3.63) is 48.0 Å². The normalized spacial score (nSPS) is 27.9. The summed E-state index contributed by atoms with van der Waals surface area (Å²) in [5.41, 5.74) is 1.21. The molecule has 0 saturated carbocycles. The number of allylic oxidation sites excluding steroid dienone is 2. The molecule has 2 saturated heterocycles. The van der Waals surface area contributed by atoms with Crippen molar-refractivity contribution in [2.45, 2.75) is 38.1 Å². The third-order valence-corrected chi connectivity index (χ3v) is 5.90. The summed E-state index contributed by atoms with van der Waals surface area (Å²) in [6, 6.07) is 10.3. The van der Waals surface area contributed by atoms with Gasteiger partial charge in [0.25, 0.3) is 0 Å². The number of imide groups is 1. The number of benzene rings is 1. The molecule has 5 nitrogen and oxygen atoms in total. The van der Waals surface area contributed by atoms with Gasteiger partial charge in [-0.3, -0.25) is 19.3 Å². The topological polar surface area (TPSA) is 57.7 Å². The lowest BCUT2D eigenvalue weighted by atomic mass is 9.85. The SMILES string of the molecule is O=C1[C@H]2CC=CC[C@H]2C(=O)N1CC(=O)N1CCC[C@H]1Cc1ccccc1. The molecule has 1 aliphatic carbocycles. The fourth-order valence-electron chi connectivity index (χ4n) is 4.51. The summed E-state index contributed by atoms with van der Waals surface area (Å²) < 4.78 is 0. The zero-order chi connectivity index (χ0) is 18.1. The van der Waals surface area contributed by atoms with Crippen molar-refractivity contribution in [2.24, 2.45) is 11.8 Å². The minimum absolute atomic E-state index is 0.100. The van der Waals surface area contributed by atoms with Crippen LogP contribution in [0.25, 0.3) is 0 Å². The molecule has 0 spiro atoms. The van der Waals surface area contributed by atoms with Crippen LogP contribution in [0.3, 0.4) is 0 Å². The first kappa shape index (κ1) is 17.0. The van der Waals surface area contributed by atoms with E-state index in [1.165, 1.54) is 10.5 Å². The first-order valence-corrected chi connectivity index (χ1v) is 9.49. The van der Waals surface area contributed by atoms with E-state index in [1.54, 1.807) is 0 Å². The minimum Gasteiger partial charge on any atom is -0.338 e. The Bertz CT molecular complexity index is 717. The molecule has 2 aliphatic heterocycles. The number of rotatable bonds is 4. The van der Waals surface area contributed by atoms with E-state index in [9.17, 15) is 14.4 Å². The van der Waals surface area contributed by atoms with Gasteiger partial charge in [0.15, 0.2) is 0 Å². The van der Waals surface area contributed by atoms with Gasteiger partial charge in [0.1, 0.15) is 6.54 Å². The number of hydrogen-bond acceptors (Lipinski definition) is 3. The average Bonchev–Trinajstić information content (AvgIpc) is 3.22. The molecule has 3 amide bonds. The standard InChI is InChI=1S/C21H24N2O3/c24-19(14-23-20(25)17-10-4-5-11-18(17)21(23)26)22-12-6-9-16(22)13-15-7-2-1-3-8-15/h1-5,7-8,16-18H,6,9-14H2/t16-,17-,18+/m0/s1. The van der Waals surface area contributed by atoms with Crippen molar-refractivity contribution in [2.75, 3.05) is 13.1 Å². The lowest BCUT2D eigenvalue weighted by Gasteiger charge is -2.27. The van der Waals surface area contributed by atoms with Gasteiger partial charge >= 0.3 is 0 Å². The average molecular weight is 352 g/mol. The molecule has 5 heteroatoms. The van der Waals surface area contributed by atoms with Gasteiger partial charge in [-0.2, -0.15) is 0 Å². The van der Waals surface area contributed by atoms with Crippen LogP contribution in [0, 0.1) is 11.8 Å². The summed E-state index contributed by atoms with van der Waals surface area (Å²) in [7, 11) is 0. The number of fused-ring (bicyclic) bond motifs is 1. The Morgan fingerprint density at radius 3 is 2.31 bits per heavy atom. The summed E-state index contributed by atoms with van der Waals surface area (Å²) in [5, 5.41) is 0. The zero-order valence-corrected chi connectivity index (χ0v) is 14.8. The predicted octanol–water partition coefficient (Wildman–Crippen LogP) is 2.17. The first-order chi connectivity index (χ1) is 12.6. The van der Waals surface area contributed by atoms with Crippen LogP contribution in [0.5, 0.6) is 0 Å². The highest BCUT2D eigenvalue weighted by Crippen LogP contribution is 2.35. The van der Waals surface area contributed by atoms with E-state index < -0.39 is 0 Å². The molecule has 3 atom stereocenters. The third kappa shape index (κ3) is 3.06.